The number of hydrogen-bond donors (Lipinski definition) is 2. The van der Waals surface area contributed by atoms with Crippen LogP contribution in [0.4, 0.5) is 5.69 Å². The predicted octanol–water partition coefficient (Wildman–Crippen LogP) is 3.38. The van der Waals surface area contributed by atoms with Gasteiger partial charge in [0.1, 0.15) is 0 Å². The van der Waals surface area contributed by atoms with E-state index in [-0.39, 0.29) is 0 Å². The molecule has 0 radical (unpaired) electrons. The summed E-state index contributed by atoms with van der Waals surface area (Å²) in [5.41, 5.74) is 2.50. The molecule has 0 saturated heterocycles. The minimum atomic E-state index is 0.675. The highest BCUT2D eigenvalue weighted by atomic mass is 32.1. The summed E-state index contributed by atoms with van der Waals surface area (Å²) in [4.78, 5) is 8.38. The molecule has 1 aliphatic heterocycles. The topological polar surface area (TPSA) is 39.7 Å². The van der Waals surface area contributed by atoms with Crippen LogP contribution in [0.25, 0.3) is 0 Å². The lowest BCUT2D eigenvalue weighted by Gasteiger charge is -2.18. The number of guanidine groups is 1. The fourth-order valence-electron chi connectivity index (χ4n) is 2.64. The number of nitrogens with zero attached hydrogens (tertiary/aromatic N) is 2. The highest BCUT2D eigenvalue weighted by Crippen LogP contribution is 2.18. The van der Waals surface area contributed by atoms with Gasteiger partial charge in [0.2, 0.25) is 0 Å². The Balaban J connectivity index is 1.61. The molecule has 0 amide bonds. The molecular weight excluding hydrogens is 316 g/mol. The van der Waals surface area contributed by atoms with Crippen LogP contribution in [0.1, 0.15) is 17.4 Å². The number of anilines is 1. The maximum Gasteiger partial charge on any atom is 0.191 e. The third kappa shape index (κ3) is 4.61. The molecule has 5 heteroatoms. The molecule has 3 rings (SSSR count). The summed E-state index contributed by atoms with van der Waals surface area (Å²) in [6.07, 6.45) is 4.42. The van der Waals surface area contributed by atoms with Crippen LogP contribution < -0.4 is 15.5 Å². The van der Waals surface area contributed by atoms with Crippen LogP contribution in [-0.4, -0.2) is 25.6 Å². The van der Waals surface area contributed by atoms with Gasteiger partial charge in [0.25, 0.3) is 0 Å². The minimum absolute atomic E-state index is 0.675. The lowest BCUT2D eigenvalue weighted by atomic mass is 10.2. The van der Waals surface area contributed by atoms with Gasteiger partial charge in [-0.05, 0) is 36.1 Å². The van der Waals surface area contributed by atoms with Gasteiger partial charge in [-0.25, -0.2) is 4.99 Å². The molecule has 1 aromatic carbocycles. The maximum absolute atomic E-state index is 4.72. The van der Waals surface area contributed by atoms with Crippen molar-refractivity contribution >= 4 is 23.0 Å². The first kappa shape index (κ1) is 16.6. The van der Waals surface area contributed by atoms with Crippen LogP contribution >= 0.6 is 11.3 Å². The van der Waals surface area contributed by atoms with Crippen molar-refractivity contribution in [3.8, 4) is 0 Å². The van der Waals surface area contributed by atoms with Crippen molar-refractivity contribution in [2.75, 3.05) is 24.5 Å². The normalized spacial score (nSPS) is 14.2. The molecule has 2 aromatic rings. The molecule has 0 bridgehead atoms. The van der Waals surface area contributed by atoms with Crippen molar-refractivity contribution in [3.63, 3.8) is 0 Å². The second kappa shape index (κ2) is 8.55. The first-order valence-corrected chi connectivity index (χ1v) is 9.26. The Hall–Kier alpha value is -2.27. The zero-order valence-corrected chi connectivity index (χ0v) is 14.9. The third-order valence-corrected chi connectivity index (χ3v) is 4.74. The zero-order chi connectivity index (χ0) is 16.6. The molecule has 4 nitrogen and oxygen atoms in total. The number of nitrogens with one attached hydrogen (secondary N) is 2. The fourth-order valence-corrected chi connectivity index (χ4v) is 3.28. The number of hydrogen-bond acceptors (Lipinski definition) is 3. The van der Waals surface area contributed by atoms with E-state index in [1.165, 1.54) is 16.1 Å². The van der Waals surface area contributed by atoms with Crippen LogP contribution in [0, 0.1) is 0 Å². The second-order valence-corrected chi connectivity index (χ2v) is 6.71. The maximum atomic E-state index is 4.72. The van der Waals surface area contributed by atoms with Gasteiger partial charge in [-0.2, -0.15) is 0 Å². The number of rotatable bonds is 6. The number of thiophene rings is 1. The average Bonchev–Trinajstić information content (AvgIpc) is 3.31. The molecule has 24 heavy (non-hydrogen) atoms. The summed E-state index contributed by atoms with van der Waals surface area (Å²) in [7, 11) is 0. The fraction of sp³-hybridized carbons (Fsp3) is 0.316. The molecule has 2 heterocycles. The molecule has 0 saturated carbocycles. The first-order valence-electron chi connectivity index (χ1n) is 8.38. The molecular formula is C19H24N4S. The van der Waals surface area contributed by atoms with Crippen LogP contribution in [0.15, 0.2) is 58.9 Å². The SMILES string of the molecule is CCNC(=NCc1cccc(N2CC=CC2)c1)NCc1cccs1. The largest absolute Gasteiger partial charge is 0.364 e. The number of benzene rings is 1. The van der Waals surface area contributed by atoms with Gasteiger partial charge in [0, 0.05) is 30.2 Å². The van der Waals surface area contributed by atoms with E-state index < -0.39 is 0 Å². The highest BCUT2D eigenvalue weighted by Gasteiger charge is 2.07. The number of aliphatic imine (C=N–C) groups is 1. The zero-order valence-electron chi connectivity index (χ0n) is 14.0. The van der Waals surface area contributed by atoms with E-state index in [0.29, 0.717) is 6.54 Å². The van der Waals surface area contributed by atoms with E-state index >= 15 is 0 Å². The Bertz CT molecular complexity index is 683. The van der Waals surface area contributed by atoms with E-state index in [1.54, 1.807) is 11.3 Å². The Morgan fingerprint density at radius 2 is 2.04 bits per heavy atom. The van der Waals surface area contributed by atoms with Crippen molar-refractivity contribution in [1.29, 1.82) is 0 Å². The third-order valence-electron chi connectivity index (χ3n) is 3.87. The molecule has 0 unspecified atom stereocenters. The Kier molecular flexibility index (Phi) is 5.90. The van der Waals surface area contributed by atoms with Crippen LogP contribution in [0.5, 0.6) is 0 Å². The van der Waals surface area contributed by atoms with Gasteiger partial charge < -0.3 is 15.5 Å². The first-order chi connectivity index (χ1) is 11.8. The monoisotopic (exact) mass is 340 g/mol. The predicted molar refractivity (Wildman–Crippen MR) is 104 cm³/mol. The van der Waals surface area contributed by atoms with Gasteiger partial charge >= 0.3 is 0 Å². The van der Waals surface area contributed by atoms with E-state index in [2.05, 4.69) is 76.4 Å². The molecule has 0 atom stereocenters. The average molecular weight is 340 g/mol. The Labute approximate surface area is 147 Å². The quantitative estimate of drug-likeness (QED) is 0.481. The van der Waals surface area contributed by atoms with Crippen LogP contribution in [0.3, 0.4) is 0 Å². The lowest BCUT2D eigenvalue weighted by Crippen LogP contribution is -2.36. The summed E-state index contributed by atoms with van der Waals surface area (Å²) in [5.74, 6) is 0.860. The minimum Gasteiger partial charge on any atom is -0.364 e. The summed E-state index contributed by atoms with van der Waals surface area (Å²) in [6, 6.07) is 12.9. The summed E-state index contributed by atoms with van der Waals surface area (Å²) >= 11 is 1.76. The second-order valence-electron chi connectivity index (χ2n) is 5.67. The van der Waals surface area contributed by atoms with Crippen molar-refractivity contribution in [3.05, 3.63) is 64.4 Å². The van der Waals surface area contributed by atoms with Gasteiger partial charge in [-0.3, -0.25) is 0 Å². The molecule has 1 aromatic heterocycles. The van der Waals surface area contributed by atoms with Gasteiger partial charge in [0.05, 0.1) is 13.1 Å². The van der Waals surface area contributed by atoms with Crippen molar-refractivity contribution < 1.29 is 0 Å². The van der Waals surface area contributed by atoms with E-state index in [1.807, 2.05) is 0 Å². The van der Waals surface area contributed by atoms with E-state index in [9.17, 15) is 0 Å². The van der Waals surface area contributed by atoms with Gasteiger partial charge in [-0.15, -0.1) is 11.3 Å². The summed E-state index contributed by atoms with van der Waals surface area (Å²) < 4.78 is 0. The molecule has 0 aliphatic carbocycles. The van der Waals surface area contributed by atoms with E-state index in [4.69, 9.17) is 4.99 Å². The van der Waals surface area contributed by atoms with Gasteiger partial charge in [0.15, 0.2) is 5.96 Å². The Morgan fingerprint density at radius 1 is 1.17 bits per heavy atom. The van der Waals surface area contributed by atoms with Gasteiger partial charge in [-0.1, -0.05) is 30.4 Å². The molecule has 0 fully saturated rings. The van der Waals surface area contributed by atoms with Crippen molar-refractivity contribution in [2.24, 2.45) is 4.99 Å². The molecule has 126 valence electrons. The lowest BCUT2D eigenvalue weighted by molar-refractivity contribution is 0.823. The van der Waals surface area contributed by atoms with E-state index in [0.717, 1.165) is 32.1 Å². The molecule has 2 N–H and O–H groups in total. The van der Waals surface area contributed by atoms with Crippen LogP contribution in [0.2, 0.25) is 0 Å². The summed E-state index contributed by atoms with van der Waals surface area (Å²) in [6.45, 7) is 6.42. The van der Waals surface area contributed by atoms with Crippen molar-refractivity contribution in [2.45, 2.75) is 20.0 Å². The Morgan fingerprint density at radius 3 is 2.79 bits per heavy atom. The van der Waals surface area contributed by atoms with Crippen LogP contribution in [-0.2, 0) is 13.1 Å². The smallest absolute Gasteiger partial charge is 0.191 e. The molecule has 1 aliphatic rings. The standard InChI is InChI=1S/C19H24N4S/c1-2-20-19(22-15-18-9-6-12-24-18)21-14-16-7-5-8-17(13-16)23-10-3-4-11-23/h3-9,12-13H,2,10-11,14-15H2,1H3,(H2,20,21,22). The highest BCUT2D eigenvalue weighted by molar-refractivity contribution is 7.09. The molecule has 0 spiro atoms. The van der Waals surface area contributed by atoms with Crippen molar-refractivity contribution in [1.82, 2.24) is 10.6 Å². The summed E-state index contributed by atoms with van der Waals surface area (Å²) in [5, 5.41) is 8.80.